The van der Waals surface area contributed by atoms with E-state index in [0.717, 1.165) is 18.6 Å². The Morgan fingerprint density at radius 2 is 2.13 bits per heavy atom. The topological polar surface area (TPSA) is 35.2 Å². The van der Waals surface area contributed by atoms with E-state index in [4.69, 9.17) is 10.5 Å². The number of ether oxygens (including phenoxy) is 1. The molecule has 15 heavy (non-hydrogen) atoms. The lowest BCUT2D eigenvalue weighted by Crippen LogP contribution is -2.19. The van der Waals surface area contributed by atoms with Crippen LogP contribution in [0.2, 0.25) is 0 Å². The highest BCUT2D eigenvalue weighted by atomic mass is 16.5. The highest BCUT2D eigenvalue weighted by molar-refractivity contribution is 5.51. The van der Waals surface area contributed by atoms with Crippen molar-refractivity contribution in [1.82, 2.24) is 0 Å². The molecule has 2 nitrogen and oxygen atoms in total. The van der Waals surface area contributed by atoms with E-state index in [1.54, 1.807) is 7.11 Å². The van der Waals surface area contributed by atoms with E-state index in [2.05, 4.69) is 19.9 Å². The third-order valence-corrected chi connectivity index (χ3v) is 3.38. The van der Waals surface area contributed by atoms with E-state index in [0.29, 0.717) is 0 Å². The summed E-state index contributed by atoms with van der Waals surface area (Å²) in [5.41, 5.74) is 11.4. The second kappa shape index (κ2) is 3.86. The van der Waals surface area contributed by atoms with Crippen molar-refractivity contribution < 1.29 is 4.74 Å². The van der Waals surface area contributed by atoms with Gasteiger partial charge in [0.1, 0.15) is 5.75 Å². The van der Waals surface area contributed by atoms with Crippen molar-refractivity contribution in [3.05, 3.63) is 28.3 Å². The van der Waals surface area contributed by atoms with Gasteiger partial charge in [-0.25, -0.2) is 0 Å². The molecule has 1 aliphatic carbocycles. The van der Waals surface area contributed by atoms with Crippen LogP contribution in [0.5, 0.6) is 5.75 Å². The molecule has 0 bridgehead atoms. The molecule has 0 spiro atoms. The summed E-state index contributed by atoms with van der Waals surface area (Å²) in [6.07, 6.45) is 3.47. The Morgan fingerprint density at radius 3 is 2.80 bits per heavy atom. The van der Waals surface area contributed by atoms with Crippen LogP contribution in [0.4, 0.5) is 0 Å². The lowest BCUT2D eigenvalue weighted by molar-refractivity contribution is 0.405. The lowest BCUT2D eigenvalue weighted by atomic mass is 9.84. The number of fused-ring (bicyclic) bond motifs is 1. The molecule has 1 aromatic carbocycles. The molecule has 0 saturated heterocycles. The van der Waals surface area contributed by atoms with E-state index in [1.807, 2.05) is 0 Å². The number of methoxy groups -OCH3 is 1. The molecular formula is C13H19NO. The maximum absolute atomic E-state index is 6.17. The zero-order chi connectivity index (χ0) is 11.0. The molecule has 0 fully saturated rings. The largest absolute Gasteiger partial charge is 0.496 e. The zero-order valence-electron chi connectivity index (χ0n) is 9.76. The Hall–Kier alpha value is -1.02. The van der Waals surface area contributed by atoms with Gasteiger partial charge in [0.25, 0.3) is 0 Å². The first-order valence-electron chi connectivity index (χ1n) is 5.57. The molecule has 0 amide bonds. The van der Waals surface area contributed by atoms with Gasteiger partial charge in [-0.05, 0) is 55.4 Å². The minimum Gasteiger partial charge on any atom is -0.496 e. The Balaban J connectivity index is 2.62. The summed E-state index contributed by atoms with van der Waals surface area (Å²) in [6.45, 7) is 4.22. The SMILES string of the molecule is COc1c(C)cc2c(c1C)C(N)CCC2. The van der Waals surface area contributed by atoms with Gasteiger partial charge in [0, 0.05) is 6.04 Å². The Kier molecular flexibility index (Phi) is 2.70. The summed E-state index contributed by atoms with van der Waals surface area (Å²) in [7, 11) is 1.73. The van der Waals surface area contributed by atoms with Gasteiger partial charge in [-0.2, -0.15) is 0 Å². The van der Waals surface area contributed by atoms with Gasteiger partial charge in [-0.15, -0.1) is 0 Å². The van der Waals surface area contributed by atoms with Crippen molar-refractivity contribution >= 4 is 0 Å². The lowest BCUT2D eigenvalue weighted by Gasteiger charge is -2.26. The molecule has 0 heterocycles. The number of rotatable bonds is 1. The molecule has 1 aliphatic rings. The van der Waals surface area contributed by atoms with Crippen molar-refractivity contribution in [2.45, 2.75) is 39.2 Å². The van der Waals surface area contributed by atoms with E-state index < -0.39 is 0 Å². The molecule has 0 aromatic heterocycles. The van der Waals surface area contributed by atoms with E-state index in [-0.39, 0.29) is 6.04 Å². The summed E-state index contributed by atoms with van der Waals surface area (Å²) in [5.74, 6) is 1.01. The third-order valence-electron chi connectivity index (χ3n) is 3.38. The Bertz CT molecular complexity index is 385. The van der Waals surface area contributed by atoms with Gasteiger partial charge in [0.15, 0.2) is 0 Å². The summed E-state index contributed by atoms with van der Waals surface area (Å²) >= 11 is 0. The van der Waals surface area contributed by atoms with Gasteiger partial charge < -0.3 is 10.5 Å². The van der Waals surface area contributed by atoms with Crippen molar-refractivity contribution in [1.29, 1.82) is 0 Å². The molecule has 82 valence electrons. The summed E-state index contributed by atoms with van der Waals surface area (Å²) < 4.78 is 5.43. The fourth-order valence-corrected chi connectivity index (χ4v) is 2.76. The molecule has 0 aliphatic heterocycles. The van der Waals surface area contributed by atoms with Crippen LogP contribution < -0.4 is 10.5 Å². The Morgan fingerprint density at radius 1 is 1.40 bits per heavy atom. The zero-order valence-corrected chi connectivity index (χ0v) is 9.76. The maximum atomic E-state index is 6.17. The number of benzene rings is 1. The normalized spacial score (nSPS) is 19.9. The van der Waals surface area contributed by atoms with Crippen molar-refractivity contribution in [3.8, 4) is 5.75 Å². The van der Waals surface area contributed by atoms with Crippen LogP contribution >= 0.6 is 0 Å². The van der Waals surface area contributed by atoms with E-state index >= 15 is 0 Å². The first-order valence-corrected chi connectivity index (χ1v) is 5.57. The predicted molar refractivity (Wildman–Crippen MR) is 62.3 cm³/mol. The fourth-order valence-electron chi connectivity index (χ4n) is 2.76. The standard InChI is InChI=1S/C13H19NO/c1-8-7-10-5-4-6-11(14)12(10)9(2)13(8)15-3/h7,11H,4-6,14H2,1-3H3. The van der Waals surface area contributed by atoms with Crippen LogP contribution in [-0.2, 0) is 6.42 Å². The summed E-state index contributed by atoms with van der Waals surface area (Å²) in [5, 5.41) is 0. The van der Waals surface area contributed by atoms with Gasteiger partial charge in [0.2, 0.25) is 0 Å². The highest BCUT2D eigenvalue weighted by Gasteiger charge is 2.22. The summed E-state index contributed by atoms with van der Waals surface area (Å²) in [4.78, 5) is 0. The third kappa shape index (κ3) is 1.63. The molecule has 1 unspecified atom stereocenters. The summed E-state index contributed by atoms with van der Waals surface area (Å²) in [6, 6.07) is 2.43. The first-order chi connectivity index (χ1) is 7.15. The quantitative estimate of drug-likeness (QED) is 0.765. The average molecular weight is 205 g/mol. The van der Waals surface area contributed by atoms with Crippen LogP contribution in [0.3, 0.4) is 0 Å². The molecule has 2 N–H and O–H groups in total. The maximum Gasteiger partial charge on any atom is 0.125 e. The minimum absolute atomic E-state index is 0.197. The first kappa shape index (κ1) is 10.5. The number of hydrogen-bond acceptors (Lipinski definition) is 2. The van der Waals surface area contributed by atoms with Crippen LogP contribution in [0, 0.1) is 13.8 Å². The molecule has 0 radical (unpaired) electrons. The second-order valence-corrected chi connectivity index (χ2v) is 4.42. The van der Waals surface area contributed by atoms with E-state index in [9.17, 15) is 0 Å². The van der Waals surface area contributed by atoms with Crippen molar-refractivity contribution in [3.63, 3.8) is 0 Å². The smallest absolute Gasteiger partial charge is 0.125 e. The molecular weight excluding hydrogens is 186 g/mol. The predicted octanol–water partition coefficient (Wildman–Crippen LogP) is 2.65. The number of nitrogens with two attached hydrogens (primary N) is 1. The van der Waals surface area contributed by atoms with Crippen LogP contribution in [0.25, 0.3) is 0 Å². The van der Waals surface area contributed by atoms with Crippen LogP contribution in [0.15, 0.2) is 6.07 Å². The Labute approximate surface area is 91.4 Å². The molecule has 1 aromatic rings. The van der Waals surface area contributed by atoms with Crippen molar-refractivity contribution in [2.75, 3.05) is 7.11 Å². The monoisotopic (exact) mass is 205 g/mol. The molecule has 2 rings (SSSR count). The molecule has 2 heteroatoms. The molecule has 1 atom stereocenters. The average Bonchev–Trinajstić information content (AvgIpc) is 2.17. The van der Waals surface area contributed by atoms with Gasteiger partial charge in [0.05, 0.1) is 7.11 Å². The number of hydrogen-bond donors (Lipinski definition) is 1. The van der Waals surface area contributed by atoms with Crippen LogP contribution in [0.1, 0.15) is 41.1 Å². The second-order valence-electron chi connectivity index (χ2n) is 4.42. The van der Waals surface area contributed by atoms with Gasteiger partial charge >= 0.3 is 0 Å². The van der Waals surface area contributed by atoms with Gasteiger partial charge in [-0.3, -0.25) is 0 Å². The molecule has 0 saturated carbocycles. The van der Waals surface area contributed by atoms with Gasteiger partial charge in [-0.1, -0.05) is 6.07 Å². The highest BCUT2D eigenvalue weighted by Crippen LogP contribution is 2.37. The fraction of sp³-hybridized carbons (Fsp3) is 0.538. The van der Waals surface area contributed by atoms with Crippen molar-refractivity contribution in [2.24, 2.45) is 5.73 Å². The number of aryl methyl sites for hydroxylation is 2. The van der Waals surface area contributed by atoms with Crippen LogP contribution in [-0.4, -0.2) is 7.11 Å². The minimum atomic E-state index is 0.197. The van der Waals surface area contributed by atoms with E-state index in [1.165, 1.54) is 28.7 Å².